The SMILES string of the molecule is C=CCCC(=C)COOCC(=C)COOCC(=C)COOCC(=C)COO. The maximum atomic E-state index is 8.22. The molecule has 0 saturated heterocycles. The Kier molecular flexibility index (Phi) is 16.7. The zero-order valence-corrected chi connectivity index (χ0v) is 15.8. The van der Waals surface area contributed by atoms with Crippen LogP contribution in [-0.4, -0.2) is 51.5 Å². The number of hydrogen-bond donors (Lipinski definition) is 1. The van der Waals surface area contributed by atoms with E-state index in [9.17, 15) is 0 Å². The summed E-state index contributed by atoms with van der Waals surface area (Å²) in [7, 11) is 0. The average Bonchev–Trinajstić information content (AvgIpc) is 2.64. The summed E-state index contributed by atoms with van der Waals surface area (Å²) in [6.07, 6.45) is 3.50. The minimum atomic E-state index is -0.0238. The molecule has 0 rings (SSSR count). The molecule has 27 heavy (non-hydrogen) atoms. The Labute approximate surface area is 160 Å². The molecule has 0 fully saturated rings. The van der Waals surface area contributed by atoms with Crippen LogP contribution in [-0.2, 0) is 34.2 Å². The first kappa shape index (κ1) is 25.4. The van der Waals surface area contributed by atoms with Gasteiger partial charge in [-0.15, -0.1) is 6.58 Å². The zero-order chi connectivity index (χ0) is 20.3. The molecule has 0 aliphatic carbocycles. The minimum Gasteiger partial charge on any atom is -0.251 e. The molecular weight excluding hydrogens is 356 g/mol. The van der Waals surface area contributed by atoms with Gasteiger partial charge < -0.3 is 0 Å². The first-order valence-corrected chi connectivity index (χ1v) is 8.26. The van der Waals surface area contributed by atoms with Gasteiger partial charge in [0.2, 0.25) is 0 Å². The van der Waals surface area contributed by atoms with Gasteiger partial charge in [-0.2, -0.15) is 0 Å². The van der Waals surface area contributed by atoms with Gasteiger partial charge in [0.1, 0.15) is 46.2 Å². The van der Waals surface area contributed by atoms with E-state index in [2.05, 4.69) is 37.8 Å². The summed E-state index contributed by atoms with van der Waals surface area (Å²) in [6, 6.07) is 0. The van der Waals surface area contributed by atoms with Crippen LogP contribution in [0.15, 0.2) is 61.3 Å². The van der Waals surface area contributed by atoms with Gasteiger partial charge in [0, 0.05) is 0 Å². The van der Waals surface area contributed by atoms with Gasteiger partial charge in [0.05, 0.1) is 0 Å². The van der Waals surface area contributed by atoms with Crippen molar-refractivity contribution in [2.24, 2.45) is 0 Å². The second kappa shape index (κ2) is 17.8. The van der Waals surface area contributed by atoms with Crippen LogP contribution in [0.3, 0.4) is 0 Å². The second-order valence-corrected chi connectivity index (χ2v) is 5.67. The van der Waals surface area contributed by atoms with Gasteiger partial charge in [-0.3, -0.25) is 5.26 Å². The van der Waals surface area contributed by atoms with Crippen LogP contribution < -0.4 is 0 Å². The zero-order valence-electron chi connectivity index (χ0n) is 15.8. The van der Waals surface area contributed by atoms with Gasteiger partial charge in [-0.25, -0.2) is 34.2 Å². The lowest BCUT2D eigenvalue weighted by Crippen LogP contribution is -2.10. The maximum absolute atomic E-state index is 8.22. The highest BCUT2D eigenvalue weighted by molar-refractivity contribution is 4.96. The molecule has 154 valence electrons. The highest BCUT2D eigenvalue weighted by Crippen LogP contribution is 2.04. The van der Waals surface area contributed by atoms with Crippen LogP contribution >= 0.6 is 0 Å². The molecule has 0 saturated carbocycles. The molecule has 0 spiro atoms. The standard InChI is InChI=1S/C19H30O8/c1-6-7-8-16(2)10-22-24-12-18(4)14-26-27-15-19(5)13-25-23-11-17(3)9-21-20/h6,20H,1-5,7-15H2. The number of rotatable bonds is 20. The molecule has 0 amide bonds. The van der Waals surface area contributed by atoms with Crippen LogP contribution in [0.1, 0.15) is 12.8 Å². The molecule has 0 aromatic rings. The lowest BCUT2D eigenvalue weighted by atomic mass is 10.2. The van der Waals surface area contributed by atoms with E-state index in [4.69, 9.17) is 34.6 Å². The van der Waals surface area contributed by atoms with Crippen LogP contribution in [0.25, 0.3) is 0 Å². The van der Waals surface area contributed by atoms with Crippen molar-refractivity contribution in [3.63, 3.8) is 0 Å². The van der Waals surface area contributed by atoms with Crippen molar-refractivity contribution in [3.05, 3.63) is 61.3 Å². The third-order valence-electron chi connectivity index (χ3n) is 2.80. The van der Waals surface area contributed by atoms with Crippen molar-refractivity contribution in [1.82, 2.24) is 0 Å². The quantitative estimate of drug-likeness (QED) is 0.147. The predicted molar refractivity (Wildman–Crippen MR) is 100 cm³/mol. The predicted octanol–water partition coefficient (Wildman–Crippen LogP) is 3.51. The lowest BCUT2D eigenvalue weighted by Gasteiger charge is -2.10. The highest BCUT2D eigenvalue weighted by Gasteiger charge is 2.02. The van der Waals surface area contributed by atoms with E-state index in [-0.39, 0.29) is 39.6 Å². The van der Waals surface area contributed by atoms with E-state index in [1.54, 1.807) is 0 Å². The third kappa shape index (κ3) is 17.5. The van der Waals surface area contributed by atoms with Gasteiger partial charge >= 0.3 is 0 Å². The molecule has 0 aliphatic heterocycles. The molecule has 0 aliphatic rings. The van der Waals surface area contributed by atoms with Crippen molar-refractivity contribution in [2.75, 3.05) is 46.2 Å². The number of hydrogen-bond acceptors (Lipinski definition) is 8. The summed E-state index contributed by atoms with van der Waals surface area (Å²) in [5, 5.41) is 8.22. The molecule has 1 N–H and O–H groups in total. The minimum absolute atomic E-state index is 0.0238. The second-order valence-electron chi connectivity index (χ2n) is 5.67. The third-order valence-corrected chi connectivity index (χ3v) is 2.80. The maximum Gasteiger partial charge on any atom is 0.105 e. The smallest absolute Gasteiger partial charge is 0.105 e. The fraction of sp³-hybridized carbons (Fsp3) is 0.474. The Hall–Kier alpha value is -1.62. The molecule has 0 bridgehead atoms. The fourth-order valence-electron chi connectivity index (χ4n) is 1.34. The molecule has 0 atom stereocenters. The van der Waals surface area contributed by atoms with Gasteiger partial charge in [0.15, 0.2) is 0 Å². The number of allylic oxidation sites excluding steroid dienone is 1. The Bertz CT molecular complexity index is 472. The molecule has 0 heterocycles. The van der Waals surface area contributed by atoms with Gasteiger partial charge in [0.25, 0.3) is 0 Å². The Morgan fingerprint density at radius 1 is 0.593 bits per heavy atom. The summed E-state index contributed by atoms with van der Waals surface area (Å²) < 4.78 is 0. The van der Waals surface area contributed by atoms with E-state index >= 15 is 0 Å². The summed E-state index contributed by atoms with van der Waals surface area (Å²) in [5.41, 5.74) is 2.69. The first-order chi connectivity index (χ1) is 13.0. The molecular formula is C19H30O8. The van der Waals surface area contributed by atoms with Crippen LogP contribution in [0.4, 0.5) is 0 Å². The molecule has 8 heteroatoms. The van der Waals surface area contributed by atoms with E-state index in [0.29, 0.717) is 23.3 Å². The van der Waals surface area contributed by atoms with E-state index in [1.165, 1.54) is 0 Å². The monoisotopic (exact) mass is 386 g/mol. The van der Waals surface area contributed by atoms with E-state index < -0.39 is 0 Å². The van der Waals surface area contributed by atoms with Gasteiger partial charge in [-0.05, 0) is 35.1 Å². The van der Waals surface area contributed by atoms with Crippen LogP contribution in [0.2, 0.25) is 0 Å². The topological polar surface area (TPSA) is 84.8 Å². The Balaban J connectivity index is 3.50. The van der Waals surface area contributed by atoms with Crippen LogP contribution in [0.5, 0.6) is 0 Å². The highest BCUT2D eigenvalue weighted by atomic mass is 17.2. The summed E-state index contributed by atoms with van der Waals surface area (Å²) in [6.45, 7) is 19.6. The van der Waals surface area contributed by atoms with Gasteiger partial charge in [-0.1, -0.05) is 32.4 Å². The van der Waals surface area contributed by atoms with Crippen molar-refractivity contribution >= 4 is 0 Å². The van der Waals surface area contributed by atoms with Crippen molar-refractivity contribution < 1.29 is 39.5 Å². The average molecular weight is 386 g/mol. The lowest BCUT2D eigenvalue weighted by molar-refractivity contribution is -0.303. The molecule has 0 radical (unpaired) electrons. The summed E-state index contributed by atoms with van der Waals surface area (Å²) >= 11 is 0. The molecule has 8 nitrogen and oxygen atoms in total. The Morgan fingerprint density at radius 3 is 1.26 bits per heavy atom. The van der Waals surface area contributed by atoms with Crippen molar-refractivity contribution in [2.45, 2.75) is 12.8 Å². The first-order valence-electron chi connectivity index (χ1n) is 8.26. The van der Waals surface area contributed by atoms with E-state index in [1.807, 2.05) is 6.08 Å². The Morgan fingerprint density at radius 2 is 0.926 bits per heavy atom. The summed E-state index contributed by atoms with van der Waals surface area (Å²) in [4.78, 5) is 33.7. The largest absolute Gasteiger partial charge is 0.251 e. The molecule has 0 unspecified atom stereocenters. The van der Waals surface area contributed by atoms with Crippen LogP contribution in [0, 0.1) is 0 Å². The van der Waals surface area contributed by atoms with Crippen molar-refractivity contribution in [3.8, 4) is 0 Å². The molecule has 0 aromatic carbocycles. The normalized spacial score (nSPS) is 10.6. The summed E-state index contributed by atoms with van der Waals surface area (Å²) in [5.74, 6) is 0. The van der Waals surface area contributed by atoms with E-state index in [0.717, 1.165) is 18.4 Å². The van der Waals surface area contributed by atoms with Crippen molar-refractivity contribution in [1.29, 1.82) is 0 Å². The molecule has 0 aromatic heterocycles. The fourth-order valence-corrected chi connectivity index (χ4v) is 1.34.